The summed E-state index contributed by atoms with van der Waals surface area (Å²) in [5, 5.41) is 2.82. The molecule has 1 amide bonds. The lowest BCUT2D eigenvalue weighted by Gasteiger charge is -2.35. The van der Waals surface area contributed by atoms with Crippen molar-refractivity contribution in [3.63, 3.8) is 0 Å². The van der Waals surface area contributed by atoms with Crippen molar-refractivity contribution in [1.82, 2.24) is 9.62 Å². The lowest BCUT2D eigenvalue weighted by Crippen LogP contribution is -2.51. The second-order valence-corrected chi connectivity index (χ2v) is 10.2. The normalized spacial score (nSPS) is 30.0. The highest BCUT2D eigenvalue weighted by Crippen LogP contribution is 2.28. The second kappa shape index (κ2) is 8.54. The van der Waals surface area contributed by atoms with Gasteiger partial charge in [-0.3, -0.25) is 4.79 Å². The Morgan fingerprint density at radius 1 is 1.04 bits per heavy atom. The van der Waals surface area contributed by atoms with Crippen molar-refractivity contribution < 1.29 is 22.7 Å². The Balaban J connectivity index is 1.50. The van der Waals surface area contributed by atoms with Crippen molar-refractivity contribution in [2.24, 2.45) is 11.8 Å². The molecule has 26 heavy (non-hydrogen) atoms. The minimum Gasteiger partial charge on any atom is -0.381 e. The maximum atomic E-state index is 12.8. The van der Waals surface area contributed by atoms with Gasteiger partial charge in [0.05, 0.1) is 17.3 Å². The van der Waals surface area contributed by atoms with E-state index in [-0.39, 0.29) is 29.2 Å². The van der Waals surface area contributed by atoms with Gasteiger partial charge in [0.15, 0.2) is 0 Å². The van der Waals surface area contributed by atoms with E-state index in [2.05, 4.69) is 19.2 Å². The first kappa shape index (κ1) is 20.0. The quantitative estimate of drug-likeness (QED) is 0.763. The Labute approximate surface area is 156 Å². The number of rotatable bonds is 5. The van der Waals surface area contributed by atoms with Crippen LogP contribution in [0.3, 0.4) is 0 Å². The first-order chi connectivity index (χ1) is 12.4. The molecule has 0 aromatic rings. The molecule has 3 heterocycles. The molecule has 2 atom stereocenters. The first-order valence-corrected chi connectivity index (χ1v) is 11.4. The molecular weight excluding hydrogens is 356 g/mol. The Morgan fingerprint density at radius 3 is 2.31 bits per heavy atom. The van der Waals surface area contributed by atoms with E-state index in [1.54, 1.807) is 4.31 Å². The van der Waals surface area contributed by atoms with Gasteiger partial charge in [0.1, 0.15) is 0 Å². The van der Waals surface area contributed by atoms with E-state index >= 15 is 0 Å². The number of nitrogens with one attached hydrogen (secondary N) is 1. The Kier molecular flexibility index (Phi) is 6.59. The summed E-state index contributed by atoms with van der Waals surface area (Å²) in [7, 11) is -3.25. The SMILES string of the molecule is CC(C)[C@H]1OCC[C@H]1C(=O)NC1CCN(S(=O)(=O)C2CCOCC2)CC1. The molecule has 3 saturated heterocycles. The molecule has 0 saturated carbocycles. The second-order valence-electron chi connectivity index (χ2n) is 8.01. The zero-order chi connectivity index (χ0) is 18.7. The molecule has 150 valence electrons. The maximum absolute atomic E-state index is 12.8. The van der Waals surface area contributed by atoms with Crippen molar-refractivity contribution in [3.8, 4) is 0 Å². The van der Waals surface area contributed by atoms with Crippen LogP contribution in [-0.2, 0) is 24.3 Å². The number of carbonyl (C=O) groups is 1. The number of carbonyl (C=O) groups excluding carboxylic acids is 1. The van der Waals surface area contributed by atoms with Crippen molar-refractivity contribution >= 4 is 15.9 Å². The van der Waals surface area contributed by atoms with Crippen LogP contribution < -0.4 is 5.32 Å². The van der Waals surface area contributed by atoms with E-state index in [0.717, 1.165) is 6.42 Å². The highest BCUT2D eigenvalue weighted by atomic mass is 32.2. The largest absolute Gasteiger partial charge is 0.381 e. The number of hydrogen-bond donors (Lipinski definition) is 1. The predicted molar refractivity (Wildman–Crippen MR) is 98.2 cm³/mol. The Bertz CT molecular complexity index is 580. The van der Waals surface area contributed by atoms with E-state index in [0.29, 0.717) is 64.5 Å². The number of ether oxygens (including phenoxy) is 2. The van der Waals surface area contributed by atoms with Crippen molar-refractivity contribution in [3.05, 3.63) is 0 Å². The van der Waals surface area contributed by atoms with Crippen molar-refractivity contribution in [1.29, 1.82) is 0 Å². The summed E-state index contributed by atoms with van der Waals surface area (Å²) >= 11 is 0. The van der Waals surface area contributed by atoms with Crippen molar-refractivity contribution in [2.75, 3.05) is 32.9 Å². The van der Waals surface area contributed by atoms with E-state index in [1.807, 2.05) is 0 Å². The molecule has 3 aliphatic rings. The number of hydrogen-bond acceptors (Lipinski definition) is 5. The summed E-state index contributed by atoms with van der Waals surface area (Å²) in [6, 6.07) is 0.0528. The summed E-state index contributed by atoms with van der Waals surface area (Å²) in [5.74, 6) is 0.297. The van der Waals surface area contributed by atoms with Gasteiger partial charge in [-0.25, -0.2) is 12.7 Å². The fourth-order valence-electron chi connectivity index (χ4n) is 4.30. The van der Waals surface area contributed by atoms with Gasteiger partial charge >= 0.3 is 0 Å². The topological polar surface area (TPSA) is 84.9 Å². The molecular formula is C18H32N2O5S. The van der Waals surface area contributed by atoms with Crippen LogP contribution in [0.4, 0.5) is 0 Å². The van der Waals surface area contributed by atoms with Crippen LogP contribution in [0.25, 0.3) is 0 Å². The van der Waals surface area contributed by atoms with E-state index in [1.165, 1.54) is 0 Å². The van der Waals surface area contributed by atoms with Gasteiger partial charge < -0.3 is 14.8 Å². The number of amides is 1. The summed E-state index contributed by atoms with van der Waals surface area (Å²) < 4.78 is 38.1. The molecule has 0 aromatic heterocycles. The number of sulfonamides is 1. The fraction of sp³-hybridized carbons (Fsp3) is 0.944. The summed E-state index contributed by atoms with van der Waals surface area (Å²) in [5.41, 5.74) is 0. The smallest absolute Gasteiger partial charge is 0.226 e. The molecule has 0 spiro atoms. The highest BCUT2D eigenvalue weighted by molar-refractivity contribution is 7.89. The van der Waals surface area contributed by atoms with Gasteiger partial charge in [-0.1, -0.05) is 13.8 Å². The van der Waals surface area contributed by atoms with Gasteiger partial charge in [-0.15, -0.1) is 0 Å². The summed E-state index contributed by atoms with van der Waals surface area (Å²) in [6.07, 6.45) is 3.27. The van der Waals surface area contributed by atoms with Crippen LogP contribution in [0.2, 0.25) is 0 Å². The highest BCUT2D eigenvalue weighted by Gasteiger charge is 2.39. The molecule has 3 aliphatic heterocycles. The zero-order valence-electron chi connectivity index (χ0n) is 15.9. The molecule has 0 aromatic carbocycles. The van der Waals surface area contributed by atoms with Gasteiger partial charge in [-0.2, -0.15) is 0 Å². The van der Waals surface area contributed by atoms with Crippen LogP contribution in [-0.4, -0.2) is 68.9 Å². The van der Waals surface area contributed by atoms with Crippen LogP contribution in [0.5, 0.6) is 0 Å². The number of nitrogens with zero attached hydrogens (tertiary/aromatic N) is 1. The molecule has 1 N–H and O–H groups in total. The third-order valence-corrected chi connectivity index (χ3v) is 8.28. The van der Waals surface area contributed by atoms with Crippen LogP contribution in [0.1, 0.15) is 46.0 Å². The minimum atomic E-state index is -3.25. The van der Waals surface area contributed by atoms with Crippen LogP contribution in [0.15, 0.2) is 0 Å². The van der Waals surface area contributed by atoms with E-state index in [4.69, 9.17) is 9.47 Å². The van der Waals surface area contributed by atoms with Gasteiger partial charge in [0.2, 0.25) is 15.9 Å². The predicted octanol–water partition coefficient (Wildman–Crippen LogP) is 1.14. The summed E-state index contributed by atoms with van der Waals surface area (Å²) in [4.78, 5) is 12.6. The lowest BCUT2D eigenvalue weighted by atomic mass is 9.91. The molecule has 0 radical (unpaired) electrons. The number of piperidine rings is 1. The molecule has 8 heteroatoms. The van der Waals surface area contributed by atoms with Crippen molar-refractivity contribution in [2.45, 2.75) is 63.3 Å². The van der Waals surface area contributed by atoms with Crippen LogP contribution in [0, 0.1) is 11.8 Å². The van der Waals surface area contributed by atoms with E-state index in [9.17, 15) is 13.2 Å². The van der Waals surface area contributed by atoms with Gasteiger partial charge in [0.25, 0.3) is 0 Å². The third kappa shape index (κ3) is 4.40. The minimum absolute atomic E-state index is 0.0102. The molecule has 0 unspecified atom stereocenters. The maximum Gasteiger partial charge on any atom is 0.226 e. The monoisotopic (exact) mass is 388 g/mol. The standard InChI is InChI=1S/C18H32N2O5S/c1-13(2)17-16(7-12-25-17)18(21)19-14-3-8-20(9-4-14)26(22,23)15-5-10-24-11-6-15/h13-17H,3-12H2,1-2H3,(H,19,21)/t16-,17-/m1/s1. The zero-order valence-corrected chi connectivity index (χ0v) is 16.7. The summed E-state index contributed by atoms with van der Waals surface area (Å²) in [6.45, 7) is 6.82. The molecule has 0 bridgehead atoms. The van der Waals surface area contributed by atoms with E-state index < -0.39 is 10.0 Å². The molecule has 3 fully saturated rings. The van der Waals surface area contributed by atoms with Crippen LogP contribution >= 0.6 is 0 Å². The van der Waals surface area contributed by atoms with Gasteiger partial charge in [-0.05, 0) is 38.0 Å². The fourth-order valence-corrected chi connectivity index (χ4v) is 6.23. The Morgan fingerprint density at radius 2 is 1.69 bits per heavy atom. The van der Waals surface area contributed by atoms with Gasteiger partial charge in [0, 0.05) is 39.0 Å². The average Bonchev–Trinajstić information content (AvgIpc) is 3.13. The Hall–Kier alpha value is -0.700. The molecule has 0 aliphatic carbocycles. The first-order valence-electron chi connectivity index (χ1n) is 9.88. The molecule has 3 rings (SSSR count). The lowest BCUT2D eigenvalue weighted by molar-refractivity contribution is -0.128. The molecule has 7 nitrogen and oxygen atoms in total. The average molecular weight is 389 g/mol. The third-order valence-electron chi connectivity index (χ3n) is 5.88.